The van der Waals surface area contributed by atoms with Crippen molar-refractivity contribution < 1.29 is 9.53 Å². The number of nitrogens with one attached hydrogen (secondary N) is 1. The van der Waals surface area contributed by atoms with Gasteiger partial charge in [-0.25, -0.2) is 0 Å². The summed E-state index contributed by atoms with van der Waals surface area (Å²) in [6, 6.07) is 0. The van der Waals surface area contributed by atoms with Gasteiger partial charge in [-0.3, -0.25) is 9.48 Å². The molecule has 2 heterocycles. The van der Waals surface area contributed by atoms with Crippen LogP contribution in [-0.4, -0.2) is 42.4 Å². The zero-order valence-corrected chi connectivity index (χ0v) is 12.2. The van der Waals surface area contributed by atoms with E-state index in [9.17, 15) is 4.79 Å². The van der Waals surface area contributed by atoms with Crippen LogP contribution in [0.2, 0.25) is 0 Å². The topological polar surface area (TPSA) is 56.2 Å². The molecule has 100 valence electrons. The molecular formula is C12H18BrN3O2. The van der Waals surface area contributed by atoms with Crippen molar-refractivity contribution in [3.8, 4) is 0 Å². The molecule has 2 rings (SSSR count). The zero-order valence-electron chi connectivity index (χ0n) is 10.6. The molecule has 1 atom stereocenters. The van der Waals surface area contributed by atoms with Crippen LogP contribution in [0.25, 0.3) is 0 Å². The Bertz CT molecular complexity index is 429. The van der Waals surface area contributed by atoms with Crippen LogP contribution < -0.4 is 5.32 Å². The van der Waals surface area contributed by atoms with Crippen LogP contribution >= 0.6 is 15.9 Å². The first kappa shape index (κ1) is 13.7. The van der Waals surface area contributed by atoms with Gasteiger partial charge in [0.05, 0.1) is 23.8 Å². The van der Waals surface area contributed by atoms with Crippen molar-refractivity contribution in [1.29, 1.82) is 0 Å². The van der Waals surface area contributed by atoms with Gasteiger partial charge >= 0.3 is 0 Å². The molecule has 6 heteroatoms. The van der Waals surface area contributed by atoms with Gasteiger partial charge in [-0.1, -0.05) is 6.92 Å². The normalized spacial score (nSPS) is 17.5. The van der Waals surface area contributed by atoms with Crippen molar-refractivity contribution in [2.24, 2.45) is 11.8 Å². The van der Waals surface area contributed by atoms with Crippen LogP contribution in [0.15, 0.2) is 10.7 Å². The third-order valence-corrected chi connectivity index (χ3v) is 4.05. The molecule has 1 aromatic heterocycles. The number of methoxy groups -OCH3 is 1. The number of ether oxygens (including phenoxy) is 1. The second kappa shape index (κ2) is 5.95. The van der Waals surface area contributed by atoms with Crippen LogP contribution in [0.1, 0.15) is 17.4 Å². The van der Waals surface area contributed by atoms with E-state index in [0.29, 0.717) is 24.8 Å². The highest BCUT2D eigenvalue weighted by molar-refractivity contribution is 9.10. The largest absolute Gasteiger partial charge is 0.383 e. The minimum atomic E-state index is 0.0283. The van der Waals surface area contributed by atoms with Crippen LogP contribution in [0.4, 0.5) is 0 Å². The Hall–Kier alpha value is -0.720. The fourth-order valence-electron chi connectivity index (χ4n) is 2.05. The Morgan fingerprint density at radius 1 is 1.72 bits per heavy atom. The van der Waals surface area contributed by atoms with E-state index in [1.54, 1.807) is 18.0 Å². The SMILES string of the molecule is COCCn1ncc(Br)c1C(=O)C(C)C1CNC1. The van der Waals surface area contributed by atoms with E-state index in [4.69, 9.17) is 4.74 Å². The van der Waals surface area contributed by atoms with E-state index in [1.807, 2.05) is 6.92 Å². The minimum absolute atomic E-state index is 0.0283. The van der Waals surface area contributed by atoms with Crippen molar-refractivity contribution >= 4 is 21.7 Å². The standard InChI is InChI=1S/C12H18BrN3O2/c1-8(9-5-14-6-9)12(17)11-10(13)7-15-16(11)3-4-18-2/h7-9,14H,3-6H2,1-2H3. The molecule has 0 bridgehead atoms. The van der Waals surface area contributed by atoms with Gasteiger partial charge in [-0.15, -0.1) is 0 Å². The van der Waals surface area contributed by atoms with Crippen molar-refractivity contribution in [2.45, 2.75) is 13.5 Å². The summed E-state index contributed by atoms with van der Waals surface area (Å²) >= 11 is 3.41. The fourth-order valence-corrected chi connectivity index (χ4v) is 2.54. The van der Waals surface area contributed by atoms with E-state index in [-0.39, 0.29) is 11.7 Å². The summed E-state index contributed by atoms with van der Waals surface area (Å²) in [6.45, 7) is 4.99. The number of aromatic nitrogens is 2. The Morgan fingerprint density at radius 3 is 3.00 bits per heavy atom. The Morgan fingerprint density at radius 2 is 2.44 bits per heavy atom. The van der Waals surface area contributed by atoms with Crippen LogP contribution in [0, 0.1) is 11.8 Å². The van der Waals surface area contributed by atoms with E-state index < -0.39 is 0 Å². The summed E-state index contributed by atoms with van der Waals surface area (Å²) < 4.78 is 7.52. The summed E-state index contributed by atoms with van der Waals surface area (Å²) in [5.74, 6) is 0.623. The molecule has 1 fully saturated rings. The maximum Gasteiger partial charge on any atom is 0.185 e. The maximum atomic E-state index is 12.5. The van der Waals surface area contributed by atoms with Crippen molar-refractivity contribution in [3.63, 3.8) is 0 Å². The lowest BCUT2D eigenvalue weighted by Gasteiger charge is -2.31. The summed E-state index contributed by atoms with van der Waals surface area (Å²) in [4.78, 5) is 12.5. The number of carbonyl (C=O) groups excluding carboxylic acids is 1. The minimum Gasteiger partial charge on any atom is -0.383 e. The van der Waals surface area contributed by atoms with Crippen LogP contribution in [0.5, 0.6) is 0 Å². The first-order chi connectivity index (χ1) is 8.65. The molecule has 1 aliphatic rings. The molecule has 0 spiro atoms. The van der Waals surface area contributed by atoms with Crippen molar-refractivity contribution in [2.75, 3.05) is 26.8 Å². The number of hydrogen-bond donors (Lipinski definition) is 1. The lowest BCUT2D eigenvalue weighted by molar-refractivity contribution is 0.0838. The van der Waals surface area contributed by atoms with Crippen LogP contribution in [-0.2, 0) is 11.3 Å². The molecule has 0 radical (unpaired) electrons. The second-order valence-electron chi connectivity index (χ2n) is 4.63. The Labute approximate surface area is 115 Å². The smallest absolute Gasteiger partial charge is 0.185 e. The van der Waals surface area contributed by atoms with Gasteiger partial charge in [0.25, 0.3) is 0 Å². The van der Waals surface area contributed by atoms with Gasteiger partial charge in [0.15, 0.2) is 5.78 Å². The highest BCUT2D eigenvalue weighted by Gasteiger charge is 2.32. The van der Waals surface area contributed by atoms with Gasteiger partial charge in [-0.2, -0.15) is 5.10 Å². The van der Waals surface area contributed by atoms with E-state index in [2.05, 4.69) is 26.3 Å². The molecule has 1 aromatic rings. The molecule has 1 unspecified atom stereocenters. The number of nitrogens with zero attached hydrogens (tertiary/aromatic N) is 2. The molecule has 0 aromatic carbocycles. The van der Waals surface area contributed by atoms with Gasteiger partial charge in [0.2, 0.25) is 0 Å². The molecular weight excluding hydrogens is 298 g/mol. The van der Waals surface area contributed by atoms with Gasteiger partial charge in [0, 0.05) is 13.0 Å². The van der Waals surface area contributed by atoms with Crippen molar-refractivity contribution in [1.82, 2.24) is 15.1 Å². The zero-order chi connectivity index (χ0) is 13.1. The molecule has 1 aliphatic heterocycles. The van der Waals surface area contributed by atoms with Gasteiger partial charge < -0.3 is 10.1 Å². The number of ketones is 1. The monoisotopic (exact) mass is 315 g/mol. The quantitative estimate of drug-likeness (QED) is 0.805. The molecule has 0 saturated carbocycles. The van der Waals surface area contributed by atoms with E-state index in [0.717, 1.165) is 17.6 Å². The highest BCUT2D eigenvalue weighted by Crippen LogP contribution is 2.25. The Kier molecular flexibility index (Phi) is 4.53. The molecule has 1 N–H and O–H groups in total. The lowest BCUT2D eigenvalue weighted by Crippen LogP contribution is -2.47. The summed E-state index contributed by atoms with van der Waals surface area (Å²) in [7, 11) is 1.64. The molecule has 1 saturated heterocycles. The number of halogens is 1. The number of carbonyl (C=O) groups is 1. The molecule has 5 nitrogen and oxygen atoms in total. The van der Waals surface area contributed by atoms with Gasteiger partial charge in [-0.05, 0) is 34.9 Å². The number of rotatable bonds is 6. The average Bonchev–Trinajstić information content (AvgIpc) is 2.64. The average molecular weight is 316 g/mol. The summed E-state index contributed by atoms with van der Waals surface area (Å²) in [5.41, 5.74) is 0.659. The second-order valence-corrected chi connectivity index (χ2v) is 5.48. The highest BCUT2D eigenvalue weighted by atomic mass is 79.9. The van der Waals surface area contributed by atoms with Gasteiger partial charge in [0.1, 0.15) is 5.69 Å². The summed E-state index contributed by atoms with van der Waals surface area (Å²) in [6.07, 6.45) is 1.68. The maximum absolute atomic E-state index is 12.5. The first-order valence-corrected chi connectivity index (χ1v) is 6.89. The molecule has 0 aliphatic carbocycles. The lowest BCUT2D eigenvalue weighted by atomic mass is 9.85. The summed E-state index contributed by atoms with van der Waals surface area (Å²) in [5, 5.41) is 7.41. The predicted molar refractivity (Wildman–Crippen MR) is 71.7 cm³/mol. The third-order valence-electron chi connectivity index (χ3n) is 3.47. The predicted octanol–water partition coefficient (Wildman–Crippen LogP) is 1.33. The van der Waals surface area contributed by atoms with E-state index in [1.165, 1.54) is 0 Å². The Balaban J connectivity index is 2.14. The third kappa shape index (κ3) is 2.65. The number of Topliss-reactive ketones (excluding diaryl/α,β-unsaturated/α-hetero) is 1. The van der Waals surface area contributed by atoms with Crippen molar-refractivity contribution in [3.05, 3.63) is 16.4 Å². The fraction of sp³-hybridized carbons (Fsp3) is 0.667. The van der Waals surface area contributed by atoms with Crippen LogP contribution in [0.3, 0.4) is 0 Å². The number of hydrogen-bond acceptors (Lipinski definition) is 4. The van der Waals surface area contributed by atoms with E-state index >= 15 is 0 Å². The first-order valence-electron chi connectivity index (χ1n) is 6.10. The molecule has 0 amide bonds. The molecule has 18 heavy (non-hydrogen) atoms.